The minimum atomic E-state index is -0.564. The minimum Gasteiger partial charge on any atom is -0.458 e. The van der Waals surface area contributed by atoms with Gasteiger partial charge in [-0.15, -0.1) is 0 Å². The van der Waals surface area contributed by atoms with E-state index in [1.807, 2.05) is 13.0 Å². The van der Waals surface area contributed by atoms with Crippen LogP contribution in [-0.4, -0.2) is 35.4 Å². The maximum absolute atomic E-state index is 13.0. The second kappa shape index (κ2) is 8.07. The van der Waals surface area contributed by atoms with Gasteiger partial charge in [0.2, 0.25) is 0 Å². The van der Waals surface area contributed by atoms with E-state index in [4.69, 9.17) is 4.74 Å². The van der Waals surface area contributed by atoms with Crippen LogP contribution in [0.1, 0.15) is 60.8 Å². The van der Waals surface area contributed by atoms with Gasteiger partial charge in [-0.25, -0.2) is 0 Å². The highest BCUT2D eigenvalue weighted by Crippen LogP contribution is 2.63. The van der Waals surface area contributed by atoms with Crippen LogP contribution in [0.25, 0.3) is 0 Å². The number of aliphatic hydroxyl groups is 1. The highest BCUT2D eigenvalue weighted by molar-refractivity contribution is 6.01. The summed E-state index contributed by atoms with van der Waals surface area (Å²) < 4.78 is 5.01. The zero-order chi connectivity index (χ0) is 22.4. The summed E-state index contributed by atoms with van der Waals surface area (Å²) in [7, 11) is 0. The van der Waals surface area contributed by atoms with Crippen molar-refractivity contribution in [3.8, 4) is 0 Å². The molecule has 8 atom stereocenters. The number of carbonyl (C=O) groups is 3. The molecule has 0 spiro atoms. The fraction of sp³-hybridized carbons (Fsp3) is 0.720. The molecule has 0 aromatic heterocycles. The van der Waals surface area contributed by atoms with Crippen molar-refractivity contribution < 1.29 is 24.2 Å². The molecule has 3 aliphatic rings. The molecular weight excluding hydrogens is 380 g/mol. The summed E-state index contributed by atoms with van der Waals surface area (Å²) in [5.74, 6) is -0.0385. The van der Waals surface area contributed by atoms with Gasteiger partial charge in [0.15, 0.2) is 11.6 Å². The highest BCUT2D eigenvalue weighted by Gasteiger charge is 2.60. The number of hydrogen-bond donors (Lipinski definition) is 1. The number of rotatable bonds is 5. The lowest BCUT2D eigenvalue weighted by Crippen LogP contribution is -2.59. The lowest BCUT2D eigenvalue weighted by molar-refractivity contribution is -0.159. The maximum Gasteiger partial charge on any atom is 0.303 e. The fourth-order valence-electron chi connectivity index (χ4n) is 7.06. The molecule has 0 bridgehead atoms. The molecule has 30 heavy (non-hydrogen) atoms. The summed E-state index contributed by atoms with van der Waals surface area (Å²) in [6, 6.07) is 0. The van der Waals surface area contributed by atoms with Gasteiger partial charge in [0, 0.05) is 24.2 Å². The summed E-state index contributed by atoms with van der Waals surface area (Å²) in [5.41, 5.74) is 0.413. The topological polar surface area (TPSA) is 80.7 Å². The van der Waals surface area contributed by atoms with E-state index >= 15 is 0 Å². The number of Topliss-reactive ketones (excluding diaryl/α,β-unsaturated/α-hetero) is 1. The number of ether oxygens (including phenoxy) is 1. The molecule has 0 aromatic rings. The predicted molar refractivity (Wildman–Crippen MR) is 114 cm³/mol. The number of aliphatic hydroxyl groups excluding tert-OH is 1. The number of fused-ring (bicyclic) bond motifs is 3. The lowest BCUT2D eigenvalue weighted by Gasteiger charge is -2.61. The molecule has 0 amide bonds. The third kappa shape index (κ3) is 3.59. The van der Waals surface area contributed by atoms with Crippen molar-refractivity contribution in [1.29, 1.82) is 0 Å². The lowest BCUT2D eigenvalue weighted by atomic mass is 9.44. The Morgan fingerprint density at radius 2 is 1.97 bits per heavy atom. The van der Waals surface area contributed by atoms with Gasteiger partial charge in [0.1, 0.15) is 6.61 Å². The Morgan fingerprint density at radius 1 is 1.30 bits per heavy atom. The van der Waals surface area contributed by atoms with Gasteiger partial charge < -0.3 is 9.84 Å². The molecular formula is C25H36O5. The first-order chi connectivity index (χ1) is 14.0. The largest absolute Gasteiger partial charge is 0.458 e. The molecule has 5 heteroatoms. The Hall–Kier alpha value is -1.75. The Labute approximate surface area is 179 Å². The van der Waals surface area contributed by atoms with Crippen molar-refractivity contribution in [3.63, 3.8) is 0 Å². The third-order valence-electron chi connectivity index (χ3n) is 8.58. The molecule has 0 heterocycles. The number of ketones is 2. The number of carbonyl (C=O) groups excluding carboxylic acids is 3. The average molecular weight is 417 g/mol. The molecule has 0 aromatic carbocycles. The van der Waals surface area contributed by atoms with Gasteiger partial charge in [-0.05, 0) is 54.6 Å². The van der Waals surface area contributed by atoms with Gasteiger partial charge >= 0.3 is 5.97 Å². The molecule has 1 N–H and O–H groups in total. The number of allylic oxidation sites excluding steroid dienone is 4. The van der Waals surface area contributed by atoms with Crippen molar-refractivity contribution in [2.24, 2.45) is 40.4 Å². The molecule has 5 nitrogen and oxygen atoms in total. The Bertz CT molecular complexity index is 795. The summed E-state index contributed by atoms with van der Waals surface area (Å²) in [6.45, 7) is 11.8. The van der Waals surface area contributed by atoms with Crippen molar-refractivity contribution in [2.45, 2.75) is 66.9 Å². The van der Waals surface area contributed by atoms with Crippen LogP contribution in [0.15, 0.2) is 23.8 Å². The van der Waals surface area contributed by atoms with Crippen molar-refractivity contribution in [1.82, 2.24) is 0 Å². The molecule has 5 unspecified atom stereocenters. The van der Waals surface area contributed by atoms with Crippen LogP contribution in [0.2, 0.25) is 0 Å². The minimum absolute atomic E-state index is 0.0217. The molecule has 2 fully saturated rings. The van der Waals surface area contributed by atoms with Crippen LogP contribution >= 0.6 is 0 Å². The molecule has 3 rings (SSSR count). The summed E-state index contributed by atoms with van der Waals surface area (Å²) in [4.78, 5) is 36.2. The molecule has 0 saturated heterocycles. The third-order valence-corrected chi connectivity index (χ3v) is 8.58. The van der Waals surface area contributed by atoms with E-state index in [2.05, 4.69) is 27.7 Å². The molecule has 166 valence electrons. The molecule has 2 saturated carbocycles. The summed E-state index contributed by atoms with van der Waals surface area (Å²) >= 11 is 0. The van der Waals surface area contributed by atoms with Crippen LogP contribution < -0.4 is 0 Å². The van der Waals surface area contributed by atoms with Gasteiger partial charge in [-0.1, -0.05) is 46.3 Å². The van der Waals surface area contributed by atoms with Gasteiger partial charge in [0.05, 0.1) is 6.10 Å². The van der Waals surface area contributed by atoms with Crippen LogP contribution in [0.5, 0.6) is 0 Å². The van der Waals surface area contributed by atoms with Crippen molar-refractivity contribution in [3.05, 3.63) is 23.8 Å². The maximum atomic E-state index is 13.0. The SMILES string of the molecule is CCC(C(=O)COC(C)=O)C1(C)CC(O)[C@H]2C(C[C@H](C)C3=CC(=O)C=CC32C)[C@@H]1C. The first-order valence-corrected chi connectivity index (χ1v) is 11.2. The molecule has 0 aliphatic heterocycles. The van der Waals surface area contributed by atoms with E-state index in [1.54, 1.807) is 12.2 Å². The summed E-state index contributed by atoms with van der Waals surface area (Å²) in [6.07, 6.45) is 6.92. The van der Waals surface area contributed by atoms with E-state index in [9.17, 15) is 19.5 Å². The first-order valence-electron chi connectivity index (χ1n) is 11.2. The molecule has 3 aliphatic carbocycles. The van der Waals surface area contributed by atoms with E-state index in [0.717, 1.165) is 12.0 Å². The van der Waals surface area contributed by atoms with Gasteiger partial charge in [0.25, 0.3) is 0 Å². The average Bonchev–Trinajstić information content (AvgIpc) is 2.66. The van der Waals surface area contributed by atoms with Gasteiger partial charge in [-0.3, -0.25) is 14.4 Å². The van der Waals surface area contributed by atoms with E-state index in [0.29, 0.717) is 12.8 Å². The van der Waals surface area contributed by atoms with Crippen molar-refractivity contribution in [2.75, 3.05) is 6.61 Å². The number of hydrogen-bond acceptors (Lipinski definition) is 5. The summed E-state index contributed by atoms with van der Waals surface area (Å²) in [5, 5.41) is 11.4. The monoisotopic (exact) mass is 416 g/mol. The van der Waals surface area contributed by atoms with Crippen LogP contribution in [0.3, 0.4) is 0 Å². The smallest absolute Gasteiger partial charge is 0.303 e. The highest BCUT2D eigenvalue weighted by atomic mass is 16.5. The fourth-order valence-corrected chi connectivity index (χ4v) is 7.06. The Morgan fingerprint density at radius 3 is 2.57 bits per heavy atom. The van der Waals surface area contributed by atoms with E-state index in [1.165, 1.54) is 6.92 Å². The standard InChI is InChI=1S/C25H36O5/c1-7-19(22(29)13-30-16(4)26)25(6)12-21(28)23-18(15(25)3)10-14(2)20-11-17(27)8-9-24(20,23)5/h8-9,11,14-15,18-19,21,23,28H,7,10,12-13H2,1-6H3/t14-,15-,18?,19?,21?,23+,24?,25?/m0/s1. The second-order valence-electron chi connectivity index (χ2n) is 10.2. The zero-order valence-corrected chi connectivity index (χ0v) is 19.1. The second-order valence-corrected chi connectivity index (χ2v) is 10.2. The first kappa shape index (κ1) is 22.9. The Balaban J connectivity index is 1.95. The van der Waals surface area contributed by atoms with Crippen molar-refractivity contribution >= 4 is 17.5 Å². The van der Waals surface area contributed by atoms with E-state index in [-0.39, 0.29) is 58.6 Å². The number of esters is 1. The van der Waals surface area contributed by atoms with Crippen LogP contribution in [0.4, 0.5) is 0 Å². The van der Waals surface area contributed by atoms with Gasteiger partial charge in [-0.2, -0.15) is 0 Å². The molecule has 0 radical (unpaired) electrons. The quantitative estimate of drug-likeness (QED) is 0.688. The van der Waals surface area contributed by atoms with E-state index < -0.39 is 12.1 Å². The van der Waals surface area contributed by atoms with Crippen LogP contribution in [0, 0.1) is 40.4 Å². The predicted octanol–water partition coefficient (Wildman–Crippen LogP) is 3.90. The Kier molecular flexibility index (Phi) is 6.16. The normalized spacial score (nSPS) is 41.4. The zero-order valence-electron chi connectivity index (χ0n) is 19.1. The van der Waals surface area contributed by atoms with Crippen LogP contribution in [-0.2, 0) is 19.1 Å².